The van der Waals surface area contributed by atoms with Gasteiger partial charge in [0.2, 0.25) is 0 Å². The molecule has 0 atom stereocenters. The molecular formula is C18H29NO. The molecule has 0 aromatic heterocycles. The van der Waals surface area contributed by atoms with Gasteiger partial charge in [-0.1, -0.05) is 47.9 Å². The van der Waals surface area contributed by atoms with Gasteiger partial charge in [-0.15, -0.1) is 0 Å². The second-order valence-electron chi connectivity index (χ2n) is 6.61. The molecule has 1 N–H and O–H groups in total. The molecule has 0 fully saturated rings. The Hall–Kier alpha value is -1.31. The molecule has 0 saturated carbocycles. The van der Waals surface area contributed by atoms with Gasteiger partial charge in [0.05, 0.1) is 5.71 Å². The third-order valence-corrected chi connectivity index (χ3v) is 4.33. The van der Waals surface area contributed by atoms with Gasteiger partial charge >= 0.3 is 0 Å². The van der Waals surface area contributed by atoms with Crippen LogP contribution < -0.4 is 0 Å². The minimum absolute atomic E-state index is 0.374. The van der Waals surface area contributed by atoms with Crippen LogP contribution in [0.2, 0.25) is 0 Å². The topological polar surface area (TPSA) is 32.6 Å². The fraction of sp³-hybridized carbons (Fsp3) is 0.611. The zero-order valence-corrected chi connectivity index (χ0v) is 13.7. The molecule has 0 aromatic carbocycles. The zero-order chi connectivity index (χ0) is 15.2. The van der Waals surface area contributed by atoms with Crippen LogP contribution in [0, 0.1) is 5.41 Å². The molecule has 2 nitrogen and oxygen atoms in total. The van der Waals surface area contributed by atoms with E-state index in [-0.39, 0.29) is 0 Å². The van der Waals surface area contributed by atoms with Gasteiger partial charge in [-0.2, -0.15) is 0 Å². The van der Waals surface area contributed by atoms with Crippen molar-refractivity contribution in [3.05, 3.63) is 34.9 Å². The van der Waals surface area contributed by atoms with E-state index in [1.54, 1.807) is 18.1 Å². The van der Waals surface area contributed by atoms with E-state index in [4.69, 9.17) is 5.21 Å². The smallest absolute Gasteiger partial charge is 0.0764 e. The molecule has 1 aliphatic rings. The van der Waals surface area contributed by atoms with Crippen molar-refractivity contribution in [2.24, 2.45) is 10.6 Å². The lowest BCUT2D eigenvalue weighted by molar-refractivity contribution is 0.319. The molecule has 2 heteroatoms. The largest absolute Gasteiger partial charge is 0.411 e. The van der Waals surface area contributed by atoms with E-state index in [2.05, 4.69) is 38.9 Å². The Morgan fingerprint density at radius 3 is 2.65 bits per heavy atom. The fourth-order valence-electron chi connectivity index (χ4n) is 3.02. The minimum atomic E-state index is 0.374. The number of nitrogens with zero attached hydrogens (tertiary/aromatic N) is 1. The van der Waals surface area contributed by atoms with Crippen molar-refractivity contribution in [3.8, 4) is 0 Å². The lowest BCUT2D eigenvalue weighted by Crippen LogP contribution is -2.20. The van der Waals surface area contributed by atoms with Crippen molar-refractivity contribution in [3.63, 3.8) is 0 Å². The van der Waals surface area contributed by atoms with E-state index in [9.17, 15) is 0 Å². The van der Waals surface area contributed by atoms with Gasteiger partial charge in [0.25, 0.3) is 0 Å². The van der Waals surface area contributed by atoms with E-state index in [0.717, 1.165) is 6.42 Å². The maximum Gasteiger partial charge on any atom is 0.0764 e. The summed E-state index contributed by atoms with van der Waals surface area (Å²) in [7, 11) is 0. The Morgan fingerprint density at radius 1 is 1.35 bits per heavy atom. The number of oxime groups is 1. The number of hydrogen-bond acceptors (Lipinski definition) is 2. The first-order valence-corrected chi connectivity index (χ1v) is 7.58. The van der Waals surface area contributed by atoms with Crippen molar-refractivity contribution in [2.75, 3.05) is 0 Å². The van der Waals surface area contributed by atoms with Crippen molar-refractivity contribution in [2.45, 2.75) is 66.7 Å². The van der Waals surface area contributed by atoms with Gasteiger partial charge in [0, 0.05) is 0 Å². The van der Waals surface area contributed by atoms with Crippen LogP contribution in [-0.4, -0.2) is 10.9 Å². The van der Waals surface area contributed by atoms with Crippen LogP contribution in [0.4, 0.5) is 0 Å². The van der Waals surface area contributed by atoms with Crippen LogP contribution in [0.3, 0.4) is 0 Å². The maximum absolute atomic E-state index is 8.57. The first-order valence-electron chi connectivity index (χ1n) is 7.58. The normalized spacial score (nSPS) is 20.9. The monoisotopic (exact) mass is 275 g/mol. The number of hydrogen-bond donors (Lipinski definition) is 1. The summed E-state index contributed by atoms with van der Waals surface area (Å²) < 4.78 is 0. The van der Waals surface area contributed by atoms with Crippen LogP contribution in [0.25, 0.3) is 0 Å². The summed E-state index contributed by atoms with van der Waals surface area (Å²) in [4.78, 5) is 0. The Kier molecular flexibility index (Phi) is 6.25. The van der Waals surface area contributed by atoms with E-state index < -0.39 is 0 Å². The summed E-state index contributed by atoms with van der Waals surface area (Å²) in [5.41, 5.74) is 5.63. The van der Waals surface area contributed by atoms with Crippen LogP contribution in [0.5, 0.6) is 0 Å². The first kappa shape index (κ1) is 16.7. The summed E-state index contributed by atoms with van der Waals surface area (Å²) in [5.74, 6) is 0. The summed E-state index contributed by atoms with van der Waals surface area (Å²) in [6, 6.07) is 0. The Labute approximate surface area is 124 Å². The molecule has 0 spiro atoms. The molecule has 1 aliphatic carbocycles. The minimum Gasteiger partial charge on any atom is -0.411 e. The quantitative estimate of drug-likeness (QED) is 0.227. The van der Waals surface area contributed by atoms with Crippen LogP contribution >= 0.6 is 0 Å². The maximum atomic E-state index is 8.57. The second-order valence-corrected chi connectivity index (χ2v) is 6.61. The lowest BCUT2D eigenvalue weighted by atomic mass is 9.71. The van der Waals surface area contributed by atoms with Crippen molar-refractivity contribution >= 4 is 5.71 Å². The fourth-order valence-corrected chi connectivity index (χ4v) is 3.02. The van der Waals surface area contributed by atoms with Crippen molar-refractivity contribution < 1.29 is 5.21 Å². The van der Waals surface area contributed by atoms with E-state index in [0.29, 0.717) is 11.1 Å². The highest BCUT2D eigenvalue weighted by Gasteiger charge is 2.27. The average Bonchev–Trinajstić information content (AvgIpc) is 2.37. The summed E-state index contributed by atoms with van der Waals surface area (Å²) in [5, 5.41) is 11.7. The number of rotatable bonds is 5. The third kappa shape index (κ3) is 4.99. The SMILES string of the molecule is CC1=C(CC/C(C)=C/C=C/C(C)=N/O)C(C)(C)CCC1. The summed E-state index contributed by atoms with van der Waals surface area (Å²) in [6.07, 6.45) is 12.1. The Bertz CT molecular complexity index is 450. The molecule has 0 radical (unpaired) electrons. The van der Waals surface area contributed by atoms with Crippen LogP contribution in [0.1, 0.15) is 66.7 Å². The van der Waals surface area contributed by atoms with E-state index in [1.807, 2.05) is 12.2 Å². The summed E-state index contributed by atoms with van der Waals surface area (Å²) >= 11 is 0. The molecule has 0 unspecified atom stereocenters. The standard InChI is InChI=1S/C18H29NO/c1-14(8-6-10-16(3)19-20)11-12-17-15(2)9-7-13-18(17,4)5/h6,8,10,20H,7,9,11-13H2,1-5H3/b10-6+,14-8+,19-16+. The molecule has 1 rings (SSSR count). The molecule has 0 saturated heterocycles. The lowest BCUT2D eigenvalue weighted by Gasteiger charge is -2.34. The number of allylic oxidation sites excluding steroid dienone is 6. The van der Waals surface area contributed by atoms with Gasteiger partial charge in [0.1, 0.15) is 0 Å². The highest BCUT2D eigenvalue weighted by molar-refractivity contribution is 5.92. The zero-order valence-electron chi connectivity index (χ0n) is 13.7. The molecule has 0 aromatic rings. The van der Waals surface area contributed by atoms with Gasteiger partial charge in [-0.25, -0.2) is 0 Å². The van der Waals surface area contributed by atoms with E-state index in [1.165, 1.54) is 31.3 Å². The highest BCUT2D eigenvalue weighted by atomic mass is 16.4. The van der Waals surface area contributed by atoms with Gasteiger partial charge < -0.3 is 5.21 Å². The average molecular weight is 275 g/mol. The van der Waals surface area contributed by atoms with E-state index >= 15 is 0 Å². The first-order chi connectivity index (χ1) is 9.36. The predicted octanol–water partition coefficient (Wildman–Crippen LogP) is 5.65. The Morgan fingerprint density at radius 2 is 2.05 bits per heavy atom. The molecule has 0 heterocycles. The van der Waals surface area contributed by atoms with Gasteiger partial charge in [0.15, 0.2) is 0 Å². The summed E-state index contributed by atoms with van der Waals surface area (Å²) in [6.45, 7) is 11.0. The van der Waals surface area contributed by atoms with Crippen LogP contribution in [0.15, 0.2) is 40.1 Å². The van der Waals surface area contributed by atoms with Crippen molar-refractivity contribution in [1.82, 2.24) is 0 Å². The molecular weight excluding hydrogens is 246 g/mol. The Balaban J connectivity index is 2.62. The van der Waals surface area contributed by atoms with Gasteiger partial charge in [-0.3, -0.25) is 0 Å². The predicted molar refractivity (Wildman–Crippen MR) is 87.4 cm³/mol. The third-order valence-electron chi connectivity index (χ3n) is 4.33. The second kappa shape index (κ2) is 7.47. The van der Waals surface area contributed by atoms with Crippen LogP contribution in [-0.2, 0) is 0 Å². The highest BCUT2D eigenvalue weighted by Crippen LogP contribution is 2.42. The molecule has 0 amide bonds. The van der Waals surface area contributed by atoms with Gasteiger partial charge in [-0.05, 0) is 64.4 Å². The molecule has 112 valence electrons. The molecule has 0 aliphatic heterocycles. The molecule has 20 heavy (non-hydrogen) atoms. The molecule has 0 bridgehead atoms. The van der Waals surface area contributed by atoms with Crippen molar-refractivity contribution in [1.29, 1.82) is 0 Å².